The third-order valence-corrected chi connectivity index (χ3v) is 4.64. The van der Waals surface area contributed by atoms with E-state index in [0.29, 0.717) is 0 Å². The van der Waals surface area contributed by atoms with Crippen LogP contribution in [0.15, 0.2) is 72.4 Å². The van der Waals surface area contributed by atoms with Gasteiger partial charge in [-0.15, -0.1) is 11.3 Å². The predicted molar refractivity (Wildman–Crippen MR) is 98.1 cm³/mol. The molecule has 1 N–H and O–H groups in total. The molecule has 2 heterocycles. The average Bonchev–Trinajstić information content (AvgIpc) is 3.26. The van der Waals surface area contributed by atoms with Gasteiger partial charge < -0.3 is 9.88 Å². The van der Waals surface area contributed by atoms with Gasteiger partial charge in [-0.1, -0.05) is 30.3 Å². The Hall–Kier alpha value is -2.92. The minimum atomic E-state index is -0.0485. The van der Waals surface area contributed by atoms with Crippen molar-refractivity contribution in [2.75, 3.05) is 5.32 Å². The minimum absolute atomic E-state index is 0.0485. The van der Waals surface area contributed by atoms with Crippen LogP contribution in [0.25, 0.3) is 21.5 Å². The summed E-state index contributed by atoms with van der Waals surface area (Å²) in [6, 6.07) is 17.8. The fourth-order valence-electron chi connectivity index (χ4n) is 2.73. The smallest absolute Gasteiger partial charge is 0.244 e. The summed E-state index contributed by atoms with van der Waals surface area (Å²) in [7, 11) is 0. The monoisotopic (exact) mass is 333 g/mol. The Morgan fingerprint density at radius 3 is 2.92 bits per heavy atom. The largest absolute Gasteiger partial charge is 0.338 e. The zero-order valence-corrected chi connectivity index (χ0v) is 13.7. The van der Waals surface area contributed by atoms with Crippen LogP contribution in [0.4, 0.5) is 5.69 Å². The van der Waals surface area contributed by atoms with E-state index in [1.807, 2.05) is 70.7 Å². The second-order valence-corrected chi connectivity index (χ2v) is 6.36. The van der Waals surface area contributed by atoms with Crippen LogP contribution >= 0.6 is 11.3 Å². The number of carbonyl (C=O) groups excluding carboxylic acids is 1. The lowest BCUT2D eigenvalue weighted by Gasteiger charge is -2.08. The van der Waals surface area contributed by atoms with E-state index in [2.05, 4.69) is 10.3 Å². The van der Waals surface area contributed by atoms with Crippen molar-refractivity contribution in [1.29, 1.82) is 0 Å². The van der Waals surface area contributed by atoms with Gasteiger partial charge in [0.15, 0.2) is 0 Å². The molecule has 0 radical (unpaired) electrons. The van der Waals surface area contributed by atoms with Crippen molar-refractivity contribution < 1.29 is 4.79 Å². The van der Waals surface area contributed by atoms with E-state index in [9.17, 15) is 4.79 Å². The lowest BCUT2D eigenvalue weighted by molar-refractivity contribution is -0.116. The Balaban J connectivity index is 1.51. The fourth-order valence-corrected chi connectivity index (χ4v) is 3.37. The number of aromatic nitrogens is 2. The molecule has 4 nitrogen and oxygen atoms in total. The molecule has 24 heavy (non-hydrogen) atoms. The molecule has 0 bridgehead atoms. The first-order chi connectivity index (χ1) is 11.8. The normalized spacial score (nSPS) is 10.8. The molecule has 4 aromatic rings. The van der Waals surface area contributed by atoms with Gasteiger partial charge in [0.25, 0.3) is 0 Å². The Morgan fingerprint density at radius 2 is 2.04 bits per heavy atom. The SMILES string of the molecule is O=C(Cn1ccc2ccccc21)Nc1cccc(-c2nccs2)c1. The number of benzene rings is 2. The van der Waals surface area contributed by atoms with Crippen molar-refractivity contribution in [1.82, 2.24) is 9.55 Å². The molecule has 4 rings (SSSR count). The van der Waals surface area contributed by atoms with Crippen molar-refractivity contribution in [2.45, 2.75) is 6.54 Å². The van der Waals surface area contributed by atoms with E-state index >= 15 is 0 Å². The number of thiazole rings is 1. The zero-order chi connectivity index (χ0) is 16.4. The van der Waals surface area contributed by atoms with E-state index in [4.69, 9.17) is 0 Å². The quantitative estimate of drug-likeness (QED) is 0.601. The molecule has 0 unspecified atom stereocenters. The van der Waals surface area contributed by atoms with Gasteiger partial charge in [0.1, 0.15) is 11.6 Å². The maximum Gasteiger partial charge on any atom is 0.244 e. The molecule has 118 valence electrons. The Bertz CT molecular complexity index is 989. The minimum Gasteiger partial charge on any atom is -0.338 e. The average molecular weight is 333 g/mol. The molecule has 2 aromatic carbocycles. The van der Waals surface area contributed by atoms with E-state index < -0.39 is 0 Å². The molecule has 0 spiro atoms. The number of amides is 1. The van der Waals surface area contributed by atoms with Gasteiger partial charge in [-0.05, 0) is 29.7 Å². The zero-order valence-electron chi connectivity index (χ0n) is 12.8. The van der Waals surface area contributed by atoms with Gasteiger partial charge in [-0.3, -0.25) is 4.79 Å². The Kier molecular flexibility index (Phi) is 3.84. The van der Waals surface area contributed by atoms with E-state index in [-0.39, 0.29) is 12.5 Å². The maximum absolute atomic E-state index is 12.4. The van der Waals surface area contributed by atoms with E-state index in [0.717, 1.165) is 27.2 Å². The molecule has 0 atom stereocenters. The van der Waals surface area contributed by atoms with Gasteiger partial charge in [-0.2, -0.15) is 0 Å². The number of nitrogens with zero attached hydrogens (tertiary/aromatic N) is 2. The van der Waals surface area contributed by atoms with E-state index in [1.54, 1.807) is 17.5 Å². The topological polar surface area (TPSA) is 46.9 Å². The van der Waals surface area contributed by atoms with Crippen molar-refractivity contribution in [3.8, 4) is 10.6 Å². The van der Waals surface area contributed by atoms with Gasteiger partial charge >= 0.3 is 0 Å². The first kappa shape index (κ1) is 14.7. The molecule has 0 aliphatic carbocycles. The summed E-state index contributed by atoms with van der Waals surface area (Å²) >= 11 is 1.58. The second kappa shape index (κ2) is 6.29. The first-order valence-electron chi connectivity index (χ1n) is 7.63. The first-order valence-corrected chi connectivity index (χ1v) is 8.51. The third kappa shape index (κ3) is 2.94. The van der Waals surface area contributed by atoms with E-state index in [1.165, 1.54) is 0 Å². The summed E-state index contributed by atoms with van der Waals surface area (Å²) in [4.78, 5) is 16.7. The lowest BCUT2D eigenvalue weighted by atomic mass is 10.2. The van der Waals surface area contributed by atoms with Crippen LogP contribution in [0.5, 0.6) is 0 Å². The van der Waals surface area contributed by atoms with Gasteiger partial charge in [0.05, 0.1) is 0 Å². The van der Waals surface area contributed by atoms with Crippen molar-refractivity contribution >= 4 is 33.8 Å². The van der Waals surface area contributed by atoms with Crippen LogP contribution in [0.3, 0.4) is 0 Å². The molecule has 1 amide bonds. The number of para-hydroxylation sites is 1. The Morgan fingerprint density at radius 1 is 1.12 bits per heavy atom. The van der Waals surface area contributed by atoms with Crippen molar-refractivity contribution in [3.05, 3.63) is 72.4 Å². The highest BCUT2D eigenvalue weighted by Gasteiger charge is 2.08. The molecular weight excluding hydrogens is 318 g/mol. The molecule has 0 aliphatic rings. The van der Waals surface area contributed by atoms with Crippen molar-refractivity contribution in [2.24, 2.45) is 0 Å². The highest BCUT2D eigenvalue weighted by atomic mass is 32.1. The summed E-state index contributed by atoms with van der Waals surface area (Å²) in [5, 5.41) is 6.99. The summed E-state index contributed by atoms with van der Waals surface area (Å²) in [5.41, 5.74) is 2.85. The molecule has 0 aliphatic heterocycles. The van der Waals surface area contributed by atoms with Crippen LogP contribution in [-0.4, -0.2) is 15.5 Å². The summed E-state index contributed by atoms with van der Waals surface area (Å²) in [6.45, 7) is 0.287. The van der Waals surface area contributed by atoms with Gasteiger partial charge in [0.2, 0.25) is 5.91 Å². The molecule has 0 fully saturated rings. The molecule has 2 aromatic heterocycles. The number of hydrogen-bond acceptors (Lipinski definition) is 3. The second-order valence-electron chi connectivity index (χ2n) is 5.47. The number of anilines is 1. The van der Waals surface area contributed by atoms with Crippen molar-refractivity contribution in [3.63, 3.8) is 0 Å². The summed E-state index contributed by atoms with van der Waals surface area (Å²) in [5.74, 6) is -0.0485. The molecular formula is C19H15N3OS. The Labute approximate surface area is 143 Å². The summed E-state index contributed by atoms with van der Waals surface area (Å²) in [6.07, 6.45) is 3.72. The number of carbonyl (C=O) groups is 1. The van der Waals surface area contributed by atoms with Crippen LogP contribution in [0.1, 0.15) is 0 Å². The molecule has 5 heteroatoms. The van der Waals surface area contributed by atoms with Crippen LogP contribution < -0.4 is 5.32 Å². The maximum atomic E-state index is 12.4. The number of nitrogens with one attached hydrogen (secondary N) is 1. The lowest BCUT2D eigenvalue weighted by Crippen LogP contribution is -2.18. The van der Waals surface area contributed by atoms with Crippen LogP contribution in [0, 0.1) is 0 Å². The highest BCUT2D eigenvalue weighted by Crippen LogP contribution is 2.24. The number of fused-ring (bicyclic) bond motifs is 1. The van der Waals surface area contributed by atoms with Crippen LogP contribution in [-0.2, 0) is 11.3 Å². The highest BCUT2D eigenvalue weighted by molar-refractivity contribution is 7.13. The molecule has 0 saturated heterocycles. The van der Waals surface area contributed by atoms with Gasteiger partial charge in [-0.25, -0.2) is 4.98 Å². The fraction of sp³-hybridized carbons (Fsp3) is 0.0526. The van der Waals surface area contributed by atoms with Gasteiger partial charge in [0, 0.05) is 34.5 Å². The van der Waals surface area contributed by atoms with Crippen LogP contribution in [0.2, 0.25) is 0 Å². The predicted octanol–water partition coefficient (Wildman–Crippen LogP) is 4.40. The standard InChI is InChI=1S/C19H15N3OS/c23-18(13-22-10-8-14-4-1-2-7-17(14)22)21-16-6-3-5-15(12-16)19-20-9-11-24-19/h1-12H,13H2,(H,21,23). The summed E-state index contributed by atoms with van der Waals surface area (Å²) < 4.78 is 1.95. The number of hydrogen-bond donors (Lipinski definition) is 1. The third-order valence-electron chi connectivity index (χ3n) is 3.82. The molecule has 0 saturated carbocycles. The number of rotatable bonds is 4.